The minimum atomic E-state index is -0.467. The van der Waals surface area contributed by atoms with Crippen molar-refractivity contribution >= 4 is 0 Å². The Morgan fingerprint density at radius 1 is 1.24 bits per heavy atom. The maximum Gasteiger partial charge on any atom is 0.122 e. The first kappa shape index (κ1) is 16.3. The van der Waals surface area contributed by atoms with Crippen LogP contribution in [0.15, 0.2) is 24.3 Å². The summed E-state index contributed by atoms with van der Waals surface area (Å²) in [6.07, 6.45) is 3.56. The molecule has 1 aromatic rings. The van der Waals surface area contributed by atoms with Crippen LogP contribution in [0.1, 0.15) is 24.8 Å². The van der Waals surface area contributed by atoms with Gasteiger partial charge in [-0.1, -0.05) is 24.6 Å². The number of rotatable bonds is 8. The van der Waals surface area contributed by atoms with Crippen LogP contribution in [-0.4, -0.2) is 55.4 Å². The second-order valence-corrected chi connectivity index (χ2v) is 5.84. The van der Waals surface area contributed by atoms with E-state index in [9.17, 15) is 5.11 Å². The molecule has 1 aliphatic heterocycles. The molecule has 1 heterocycles. The van der Waals surface area contributed by atoms with Crippen molar-refractivity contribution in [2.45, 2.75) is 32.3 Å². The monoisotopic (exact) mass is 292 g/mol. The lowest BCUT2D eigenvalue weighted by Gasteiger charge is -2.26. The van der Waals surface area contributed by atoms with Gasteiger partial charge in [-0.25, -0.2) is 0 Å². The zero-order chi connectivity index (χ0) is 14.9. The molecule has 0 bridgehead atoms. The summed E-state index contributed by atoms with van der Waals surface area (Å²) in [7, 11) is 0. The van der Waals surface area contributed by atoms with E-state index in [0.29, 0.717) is 13.2 Å². The summed E-state index contributed by atoms with van der Waals surface area (Å²) in [5.41, 5.74) is 1.10. The van der Waals surface area contributed by atoms with Gasteiger partial charge in [0.1, 0.15) is 18.5 Å². The van der Waals surface area contributed by atoms with E-state index in [1.807, 2.05) is 31.2 Å². The molecule has 0 spiro atoms. The molecule has 0 radical (unpaired) electrons. The summed E-state index contributed by atoms with van der Waals surface area (Å²) in [6, 6.07) is 7.89. The lowest BCUT2D eigenvalue weighted by molar-refractivity contribution is 0.105. The second-order valence-electron chi connectivity index (χ2n) is 5.84. The van der Waals surface area contributed by atoms with Gasteiger partial charge in [-0.2, -0.15) is 0 Å². The number of likely N-dealkylation sites (tertiary alicyclic amines) is 1. The number of hydrogen-bond acceptors (Lipinski definition) is 4. The van der Waals surface area contributed by atoms with Gasteiger partial charge in [-0.3, -0.25) is 0 Å². The lowest BCUT2D eigenvalue weighted by Crippen LogP contribution is -2.39. The van der Waals surface area contributed by atoms with Crippen LogP contribution in [0, 0.1) is 6.92 Å². The number of aliphatic hydroxyl groups excluding tert-OH is 1. The fourth-order valence-electron chi connectivity index (χ4n) is 2.65. The number of nitrogens with one attached hydrogen (secondary N) is 1. The zero-order valence-electron chi connectivity index (χ0n) is 13.1. The fourth-order valence-corrected chi connectivity index (χ4v) is 2.65. The molecule has 4 nitrogen and oxygen atoms in total. The van der Waals surface area contributed by atoms with E-state index in [4.69, 9.17) is 4.74 Å². The molecule has 0 saturated carbocycles. The SMILES string of the molecule is Cc1ccccc1OCC(O)CNCCN1CCCCC1. The van der Waals surface area contributed by atoms with Gasteiger partial charge in [0.05, 0.1) is 0 Å². The van der Waals surface area contributed by atoms with Crippen LogP contribution in [0.5, 0.6) is 5.75 Å². The van der Waals surface area contributed by atoms with Gasteiger partial charge in [-0.05, 0) is 44.5 Å². The van der Waals surface area contributed by atoms with Crippen molar-refractivity contribution in [1.29, 1.82) is 0 Å². The van der Waals surface area contributed by atoms with E-state index in [-0.39, 0.29) is 0 Å². The highest BCUT2D eigenvalue weighted by Crippen LogP contribution is 2.16. The number of benzene rings is 1. The summed E-state index contributed by atoms with van der Waals surface area (Å²) in [5.74, 6) is 0.852. The van der Waals surface area contributed by atoms with Crippen LogP contribution in [0.3, 0.4) is 0 Å². The highest BCUT2D eigenvalue weighted by atomic mass is 16.5. The number of aliphatic hydroxyl groups is 1. The fraction of sp³-hybridized carbons (Fsp3) is 0.647. The molecule has 1 aliphatic rings. The Kier molecular flexibility index (Phi) is 7.00. The Bertz CT molecular complexity index is 406. The standard InChI is InChI=1S/C17H28N2O2/c1-15-7-3-4-8-17(15)21-14-16(20)13-18-9-12-19-10-5-2-6-11-19/h3-4,7-8,16,18,20H,2,5-6,9-14H2,1H3. The topological polar surface area (TPSA) is 44.7 Å². The van der Waals surface area contributed by atoms with Crippen LogP contribution < -0.4 is 10.1 Å². The molecule has 118 valence electrons. The Morgan fingerprint density at radius 2 is 2.00 bits per heavy atom. The molecule has 0 amide bonds. The maximum absolute atomic E-state index is 9.94. The Morgan fingerprint density at radius 3 is 2.76 bits per heavy atom. The average molecular weight is 292 g/mol. The maximum atomic E-state index is 9.94. The normalized spacial score (nSPS) is 17.6. The molecule has 21 heavy (non-hydrogen) atoms. The quantitative estimate of drug-likeness (QED) is 0.717. The van der Waals surface area contributed by atoms with Gasteiger partial charge in [0.15, 0.2) is 0 Å². The molecule has 1 aromatic carbocycles. The minimum absolute atomic E-state index is 0.335. The van der Waals surface area contributed by atoms with E-state index >= 15 is 0 Å². The predicted molar refractivity (Wildman–Crippen MR) is 85.8 cm³/mol. The smallest absolute Gasteiger partial charge is 0.122 e. The third-order valence-electron chi connectivity index (χ3n) is 3.96. The molecule has 2 rings (SSSR count). The number of ether oxygens (including phenoxy) is 1. The van der Waals surface area contributed by atoms with Gasteiger partial charge in [-0.15, -0.1) is 0 Å². The molecule has 1 fully saturated rings. The van der Waals surface area contributed by atoms with E-state index in [0.717, 1.165) is 24.4 Å². The molecule has 1 atom stereocenters. The van der Waals surface area contributed by atoms with Crippen molar-refractivity contribution in [1.82, 2.24) is 10.2 Å². The molecule has 2 N–H and O–H groups in total. The van der Waals surface area contributed by atoms with Gasteiger partial charge in [0.2, 0.25) is 0 Å². The van der Waals surface area contributed by atoms with Gasteiger partial charge >= 0.3 is 0 Å². The van der Waals surface area contributed by atoms with E-state index in [1.54, 1.807) is 0 Å². The van der Waals surface area contributed by atoms with Crippen molar-refractivity contribution in [3.8, 4) is 5.75 Å². The largest absolute Gasteiger partial charge is 0.491 e. The average Bonchev–Trinajstić information content (AvgIpc) is 2.52. The molecule has 4 heteroatoms. The number of nitrogens with zero attached hydrogens (tertiary/aromatic N) is 1. The zero-order valence-corrected chi connectivity index (χ0v) is 13.1. The van der Waals surface area contributed by atoms with Crippen molar-refractivity contribution in [3.63, 3.8) is 0 Å². The summed E-state index contributed by atoms with van der Waals surface area (Å²) in [5, 5.41) is 13.2. The lowest BCUT2D eigenvalue weighted by atomic mass is 10.1. The number of hydrogen-bond donors (Lipinski definition) is 2. The van der Waals surface area contributed by atoms with Crippen molar-refractivity contribution in [3.05, 3.63) is 29.8 Å². The van der Waals surface area contributed by atoms with Gasteiger partial charge < -0.3 is 20.1 Å². The first-order valence-electron chi connectivity index (χ1n) is 8.05. The predicted octanol–water partition coefficient (Wildman–Crippen LogP) is 1.81. The molecule has 1 unspecified atom stereocenters. The molecular weight excluding hydrogens is 264 g/mol. The minimum Gasteiger partial charge on any atom is -0.491 e. The third-order valence-corrected chi connectivity index (χ3v) is 3.96. The number of piperidine rings is 1. The van der Waals surface area contributed by atoms with Crippen LogP contribution >= 0.6 is 0 Å². The Balaban J connectivity index is 1.55. The number of para-hydroxylation sites is 1. The summed E-state index contributed by atoms with van der Waals surface area (Å²) < 4.78 is 5.65. The van der Waals surface area contributed by atoms with Gasteiger partial charge in [0.25, 0.3) is 0 Å². The Labute approximate surface area is 128 Å². The van der Waals surface area contributed by atoms with Crippen molar-refractivity contribution < 1.29 is 9.84 Å². The van der Waals surface area contributed by atoms with E-state index < -0.39 is 6.10 Å². The van der Waals surface area contributed by atoms with Crippen LogP contribution in [0.4, 0.5) is 0 Å². The number of aryl methyl sites for hydroxylation is 1. The first-order valence-corrected chi connectivity index (χ1v) is 8.05. The first-order chi connectivity index (χ1) is 10.3. The van der Waals surface area contributed by atoms with Crippen molar-refractivity contribution in [2.24, 2.45) is 0 Å². The molecule has 0 aliphatic carbocycles. The molecular formula is C17H28N2O2. The summed E-state index contributed by atoms with van der Waals surface area (Å²) in [6.45, 7) is 7.38. The van der Waals surface area contributed by atoms with E-state index in [1.165, 1.54) is 32.4 Å². The van der Waals surface area contributed by atoms with Crippen LogP contribution in [0.25, 0.3) is 0 Å². The Hall–Kier alpha value is -1.10. The highest BCUT2D eigenvalue weighted by Gasteiger charge is 2.10. The van der Waals surface area contributed by atoms with Crippen molar-refractivity contribution in [2.75, 3.05) is 39.3 Å². The van der Waals surface area contributed by atoms with Crippen LogP contribution in [0.2, 0.25) is 0 Å². The summed E-state index contributed by atoms with van der Waals surface area (Å²) in [4.78, 5) is 2.49. The molecule has 1 saturated heterocycles. The summed E-state index contributed by atoms with van der Waals surface area (Å²) >= 11 is 0. The van der Waals surface area contributed by atoms with E-state index in [2.05, 4.69) is 10.2 Å². The van der Waals surface area contributed by atoms with Gasteiger partial charge in [0, 0.05) is 19.6 Å². The van der Waals surface area contributed by atoms with Crippen LogP contribution in [-0.2, 0) is 0 Å². The molecule has 0 aromatic heterocycles. The second kappa shape index (κ2) is 9.03. The highest BCUT2D eigenvalue weighted by molar-refractivity contribution is 5.31. The third kappa shape index (κ3) is 6.04.